The molecule has 9 nitrogen and oxygen atoms in total. The number of carbonyl (C=O) groups excluding carboxylic acids is 3. The molecule has 1 saturated heterocycles. The van der Waals surface area contributed by atoms with Crippen LogP contribution in [0.25, 0.3) is 0 Å². The normalized spacial score (nSPS) is 17.7. The van der Waals surface area contributed by atoms with E-state index in [4.69, 9.17) is 4.74 Å². The average Bonchev–Trinajstić information content (AvgIpc) is 2.97. The van der Waals surface area contributed by atoms with Crippen molar-refractivity contribution >= 4 is 27.6 Å². The smallest absolute Gasteiger partial charge is 0.269 e. The standard InChI is InChI=1S/C17H23N3O6S/c1-2-18-16(22)10-26-14-5-3-13(4-6-14)17(23)20-19-15(21)9-12-7-8-27(24,25)11-12/h3-6,12H,2,7-11H2,1H3,(H,18,22)(H,19,21)(H,20,23)/t12-/m0/s1. The Morgan fingerprint density at radius 1 is 1.11 bits per heavy atom. The first-order chi connectivity index (χ1) is 12.8. The van der Waals surface area contributed by atoms with Crippen molar-refractivity contribution in [3.8, 4) is 5.75 Å². The zero-order valence-electron chi connectivity index (χ0n) is 15.0. The quantitative estimate of drug-likeness (QED) is 0.546. The molecule has 1 fully saturated rings. The summed E-state index contributed by atoms with van der Waals surface area (Å²) in [7, 11) is -3.04. The Balaban J connectivity index is 1.75. The summed E-state index contributed by atoms with van der Waals surface area (Å²) in [5.41, 5.74) is 4.87. The Morgan fingerprint density at radius 3 is 2.41 bits per heavy atom. The van der Waals surface area contributed by atoms with Gasteiger partial charge in [-0.05, 0) is 43.5 Å². The first kappa shape index (κ1) is 20.7. The van der Waals surface area contributed by atoms with Crippen molar-refractivity contribution in [3.63, 3.8) is 0 Å². The van der Waals surface area contributed by atoms with Crippen LogP contribution in [0.1, 0.15) is 30.1 Å². The number of rotatable bonds is 7. The maximum absolute atomic E-state index is 12.0. The van der Waals surface area contributed by atoms with Gasteiger partial charge in [0.1, 0.15) is 5.75 Å². The van der Waals surface area contributed by atoms with Crippen LogP contribution in [0.3, 0.4) is 0 Å². The second-order valence-electron chi connectivity index (χ2n) is 6.24. The second kappa shape index (κ2) is 9.36. The van der Waals surface area contributed by atoms with Gasteiger partial charge in [0.15, 0.2) is 16.4 Å². The van der Waals surface area contributed by atoms with E-state index in [9.17, 15) is 22.8 Å². The highest BCUT2D eigenvalue weighted by Crippen LogP contribution is 2.21. The molecule has 3 amide bonds. The molecule has 0 spiro atoms. The molecule has 1 heterocycles. The van der Waals surface area contributed by atoms with Gasteiger partial charge >= 0.3 is 0 Å². The lowest BCUT2D eigenvalue weighted by molar-refractivity contribution is -0.123. The number of sulfone groups is 1. The van der Waals surface area contributed by atoms with Crippen molar-refractivity contribution in [3.05, 3.63) is 29.8 Å². The molecule has 0 aromatic heterocycles. The van der Waals surface area contributed by atoms with Gasteiger partial charge in [-0.25, -0.2) is 8.42 Å². The van der Waals surface area contributed by atoms with Crippen molar-refractivity contribution in [2.75, 3.05) is 24.7 Å². The third-order valence-corrected chi connectivity index (χ3v) is 5.81. The van der Waals surface area contributed by atoms with Gasteiger partial charge in [0, 0.05) is 18.5 Å². The highest BCUT2D eigenvalue weighted by molar-refractivity contribution is 7.91. The first-order valence-corrected chi connectivity index (χ1v) is 10.4. The van der Waals surface area contributed by atoms with Crippen LogP contribution in [-0.4, -0.2) is 50.8 Å². The third-order valence-electron chi connectivity index (χ3n) is 3.98. The van der Waals surface area contributed by atoms with Crippen LogP contribution in [0, 0.1) is 5.92 Å². The fraction of sp³-hybridized carbons (Fsp3) is 0.471. The van der Waals surface area contributed by atoms with Gasteiger partial charge in [0.2, 0.25) is 5.91 Å². The third kappa shape index (κ3) is 6.89. The molecule has 1 aromatic carbocycles. The topological polar surface area (TPSA) is 131 Å². The van der Waals surface area contributed by atoms with Crippen molar-refractivity contribution in [1.29, 1.82) is 0 Å². The van der Waals surface area contributed by atoms with Crippen molar-refractivity contribution in [1.82, 2.24) is 16.2 Å². The Hall–Kier alpha value is -2.62. The molecule has 3 N–H and O–H groups in total. The first-order valence-electron chi connectivity index (χ1n) is 8.58. The van der Waals surface area contributed by atoms with Crippen molar-refractivity contribution in [2.24, 2.45) is 5.92 Å². The molecule has 148 valence electrons. The van der Waals surface area contributed by atoms with Gasteiger partial charge in [-0.3, -0.25) is 25.2 Å². The van der Waals surface area contributed by atoms with Gasteiger partial charge in [0.05, 0.1) is 11.5 Å². The van der Waals surface area contributed by atoms with Crippen LogP contribution in [-0.2, 0) is 19.4 Å². The predicted molar refractivity (Wildman–Crippen MR) is 97.6 cm³/mol. The monoisotopic (exact) mass is 397 g/mol. The minimum absolute atomic E-state index is 0.00606. The number of carbonyl (C=O) groups is 3. The molecule has 2 rings (SSSR count). The summed E-state index contributed by atoms with van der Waals surface area (Å²) in [6.45, 7) is 2.20. The molecular formula is C17H23N3O6S. The predicted octanol–water partition coefficient (Wildman–Crippen LogP) is -0.213. The Bertz CT molecular complexity index is 791. The minimum Gasteiger partial charge on any atom is -0.484 e. The molecule has 0 aliphatic carbocycles. The molecule has 10 heteroatoms. The van der Waals surface area contributed by atoms with Crippen LogP contribution in [0.2, 0.25) is 0 Å². The lowest BCUT2D eigenvalue weighted by Gasteiger charge is -2.10. The average molecular weight is 397 g/mol. The van der Waals surface area contributed by atoms with E-state index in [1.165, 1.54) is 12.1 Å². The Morgan fingerprint density at radius 2 is 1.81 bits per heavy atom. The van der Waals surface area contributed by atoms with E-state index < -0.39 is 21.7 Å². The van der Waals surface area contributed by atoms with E-state index in [1.807, 2.05) is 0 Å². The fourth-order valence-corrected chi connectivity index (χ4v) is 4.51. The van der Waals surface area contributed by atoms with Crippen molar-refractivity contribution < 1.29 is 27.5 Å². The molecule has 0 radical (unpaired) electrons. The lowest BCUT2D eigenvalue weighted by Crippen LogP contribution is -2.42. The van der Waals surface area contributed by atoms with Crippen LogP contribution < -0.4 is 20.9 Å². The molecule has 27 heavy (non-hydrogen) atoms. The summed E-state index contributed by atoms with van der Waals surface area (Å²) >= 11 is 0. The number of ether oxygens (including phenoxy) is 1. The second-order valence-corrected chi connectivity index (χ2v) is 8.47. The summed E-state index contributed by atoms with van der Waals surface area (Å²) in [5.74, 6) is -0.864. The summed E-state index contributed by atoms with van der Waals surface area (Å²) in [6.07, 6.45) is 0.507. The molecule has 1 aromatic rings. The summed E-state index contributed by atoms with van der Waals surface area (Å²) in [6, 6.07) is 6.08. The zero-order valence-corrected chi connectivity index (χ0v) is 15.8. The number of nitrogens with one attached hydrogen (secondary N) is 3. The summed E-state index contributed by atoms with van der Waals surface area (Å²) < 4.78 is 28.0. The minimum atomic E-state index is -3.04. The van der Waals surface area contributed by atoms with Gasteiger partial charge in [-0.1, -0.05) is 0 Å². The maximum Gasteiger partial charge on any atom is 0.269 e. The molecule has 0 bridgehead atoms. The molecule has 1 aliphatic rings. The number of amides is 3. The van der Waals surface area contributed by atoms with Crippen LogP contribution in [0.5, 0.6) is 5.75 Å². The lowest BCUT2D eigenvalue weighted by atomic mass is 10.1. The van der Waals surface area contributed by atoms with E-state index in [0.717, 1.165) is 0 Å². The molecule has 1 atom stereocenters. The van der Waals surface area contributed by atoms with E-state index >= 15 is 0 Å². The van der Waals surface area contributed by atoms with E-state index in [2.05, 4.69) is 16.2 Å². The molecule has 1 aliphatic heterocycles. The molecule has 0 unspecified atom stereocenters. The summed E-state index contributed by atoms with van der Waals surface area (Å²) in [5, 5.41) is 2.60. The van der Waals surface area contributed by atoms with E-state index in [0.29, 0.717) is 24.3 Å². The molecular weight excluding hydrogens is 374 g/mol. The number of likely N-dealkylation sites (N-methyl/N-ethyl adjacent to an activating group) is 1. The molecule has 0 saturated carbocycles. The number of hydrogen-bond acceptors (Lipinski definition) is 6. The van der Waals surface area contributed by atoms with Gasteiger partial charge in [0.25, 0.3) is 11.8 Å². The van der Waals surface area contributed by atoms with Crippen LogP contribution >= 0.6 is 0 Å². The summed E-state index contributed by atoms with van der Waals surface area (Å²) in [4.78, 5) is 35.2. The van der Waals surface area contributed by atoms with E-state index in [-0.39, 0.29) is 36.4 Å². The van der Waals surface area contributed by atoms with Crippen LogP contribution in [0.4, 0.5) is 0 Å². The number of benzene rings is 1. The maximum atomic E-state index is 12.0. The highest BCUT2D eigenvalue weighted by atomic mass is 32.2. The SMILES string of the molecule is CCNC(=O)COc1ccc(C(=O)NNC(=O)C[C@@H]2CCS(=O)(=O)C2)cc1. The van der Waals surface area contributed by atoms with Gasteiger partial charge in [-0.15, -0.1) is 0 Å². The zero-order chi connectivity index (χ0) is 19.9. The van der Waals surface area contributed by atoms with Crippen molar-refractivity contribution in [2.45, 2.75) is 19.8 Å². The van der Waals surface area contributed by atoms with Gasteiger partial charge in [-0.2, -0.15) is 0 Å². The highest BCUT2D eigenvalue weighted by Gasteiger charge is 2.29. The van der Waals surface area contributed by atoms with E-state index in [1.54, 1.807) is 19.1 Å². The number of hydrazine groups is 1. The Kier molecular flexibility index (Phi) is 7.17. The largest absolute Gasteiger partial charge is 0.484 e. The Labute approximate surface area is 157 Å². The fourth-order valence-electron chi connectivity index (χ4n) is 2.64. The number of hydrogen-bond donors (Lipinski definition) is 3. The van der Waals surface area contributed by atoms with Gasteiger partial charge < -0.3 is 10.1 Å². The van der Waals surface area contributed by atoms with Crippen LogP contribution in [0.15, 0.2) is 24.3 Å².